The van der Waals surface area contributed by atoms with Gasteiger partial charge in [0.25, 0.3) is 5.91 Å². The Hall–Kier alpha value is -2.09. The zero-order chi connectivity index (χ0) is 20.9. The fourth-order valence-electron chi connectivity index (χ4n) is 2.84. The quantitative estimate of drug-likeness (QED) is 0.648. The Labute approximate surface area is 171 Å². The summed E-state index contributed by atoms with van der Waals surface area (Å²) in [5, 5.41) is 0.501. The molecule has 0 aliphatic heterocycles. The number of hydrogen-bond acceptors (Lipinski definition) is 4. The van der Waals surface area contributed by atoms with Crippen molar-refractivity contribution in [2.45, 2.75) is 25.3 Å². The molecule has 0 atom stereocenters. The number of rotatable bonds is 8. The van der Waals surface area contributed by atoms with Crippen LogP contribution < -0.4 is 4.74 Å². The van der Waals surface area contributed by atoms with E-state index in [0.29, 0.717) is 35.0 Å². The number of ether oxygens (including phenoxy) is 1. The molecule has 0 N–H and O–H groups in total. The van der Waals surface area contributed by atoms with E-state index in [0.717, 1.165) is 0 Å². The Bertz CT molecular complexity index is 926. The summed E-state index contributed by atoms with van der Waals surface area (Å²) in [5.74, 6) is 0.442. The van der Waals surface area contributed by atoms with Crippen molar-refractivity contribution in [1.29, 1.82) is 0 Å². The Morgan fingerprint density at radius 1 is 1.07 bits per heavy atom. The summed E-state index contributed by atoms with van der Waals surface area (Å²) in [6.07, 6.45) is 0. The Morgan fingerprint density at radius 2 is 1.68 bits per heavy atom. The van der Waals surface area contributed by atoms with Gasteiger partial charge in [0, 0.05) is 42.8 Å². The number of methoxy groups -OCH3 is 1. The number of halogens is 1. The third-order valence-electron chi connectivity index (χ3n) is 4.50. The molecule has 2 aromatic carbocycles. The Balaban J connectivity index is 2.24. The first kappa shape index (κ1) is 22.2. The van der Waals surface area contributed by atoms with E-state index in [-0.39, 0.29) is 17.3 Å². The summed E-state index contributed by atoms with van der Waals surface area (Å²) in [7, 11) is -0.728. The molecule has 152 valence electrons. The topological polar surface area (TPSA) is 66.9 Å². The lowest BCUT2D eigenvalue weighted by atomic mass is 10.2. The van der Waals surface area contributed by atoms with E-state index in [1.54, 1.807) is 35.2 Å². The summed E-state index contributed by atoms with van der Waals surface area (Å²) >= 11 is 6.03. The molecule has 0 fully saturated rings. The van der Waals surface area contributed by atoms with E-state index in [2.05, 4.69) is 0 Å². The van der Waals surface area contributed by atoms with Gasteiger partial charge in [-0.2, -0.15) is 4.31 Å². The molecule has 0 saturated carbocycles. The second-order valence-corrected chi connectivity index (χ2v) is 8.70. The highest BCUT2D eigenvalue weighted by atomic mass is 35.5. The summed E-state index contributed by atoms with van der Waals surface area (Å²) in [4.78, 5) is 14.2. The van der Waals surface area contributed by atoms with Gasteiger partial charge in [-0.05, 0) is 56.3 Å². The maximum Gasteiger partial charge on any atom is 0.253 e. The lowest BCUT2D eigenvalue weighted by Crippen LogP contribution is -2.30. The van der Waals surface area contributed by atoms with Gasteiger partial charge in [0.2, 0.25) is 10.0 Å². The monoisotopic (exact) mass is 424 g/mol. The van der Waals surface area contributed by atoms with Crippen LogP contribution in [0.5, 0.6) is 5.75 Å². The highest BCUT2D eigenvalue weighted by Gasteiger charge is 2.23. The van der Waals surface area contributed by atoms with Crippen LogP contribution in [0.2, 0.25) is 5.02 Å². The Kier molecular flexibility index (Phi) is 7.46. The minimum absolute atomic E-state index is 0.103. The number of carbonyl (C=O) groups excluding carboxylic acids is 1. The van der Waals surface area contributed by atoms with Crippen molar-refractivity contribution in [3.8, 4) is 5.75 Å². The van der Waals surface area contributed by atoms with Gasteiger partial charge in [0.1, 0.15) is 5.75 Å². The summed E-state index contributed by atoms with van der Waals surface area (Å²) < 4.78 is 32.3. The minimum Gasteiger partial charge on any atom is -0.496 e. The molecule has 0 radical (unpaired) electrons. The molecule has 0 aromatic heterocycles. The van der Waals surface area contributed by atoms with Crippen LogP contribution in [0.15, 0.2) is 47.4 Å². The molecule has 0 bridgehead atoms. The predicted octanol–water partition coefficient (Wildman–Crippen LogP) is 3.65. The van der Waals surface area contributed by atoms with Crippen LogP contribution in [0.4, 0.5) is 0 Å². The number of hydrogen-bond donors (Lipinski definition) is 0. The van der Waals surface area contributed by atoms with E-state index in [4.69, 9.17) is 16.3 Å². The molecule has 28 heavy (non-hydrogen) atoms. The van der Waals surface area contributed by atoms with Gasteiger partial charge in [0.05, 0.1) is 12.0 Å². The highest BCUT2D eigenvalue weighted by molar-refractivity contribution is 7.89. The van der Waals surface area contributed by atoms with Crippen molar-refractivity contribution < 1.29 is 17.9 Å². The van der Waals surface area contributed by atoms with Crippen molar-refractivity contribution in [3.05, 3.63) is 58.6 Å². The molecule has 0 aliphatic carbocycles. The SMILES string of the molecule is CCN(CC)C(=O)c1ccc(S(=O)(=O)N(C)Cc2cc(Cl)ccc2OC)cc1. The number of sulfonamides is 1. The first-order valence-corrected chi connectivity index (χ1v) is 10.7. The maximum atomic E-state index is 12.9. The molecule has 6 nitrogen and oxygen atoms in total. The van der Waals surface area contributed by atoms with Crippen LogP contribution in [0, 0.1) is 0 Å². The van der Waals surface area contributed by atoms with Gasteiger partial charge in [-0.1, -0.05) is 11.6 Å². The average molecular weight is 425 g/mol. The highest BCUT2D eigenvalue weighted by Crippen LogP contribution is 2.26. The third kappa shape index (κ3) is 4.84. The summed E-state index contributed by atoms with van der Waals surface area (Å²) in [6.45, 7) is 5.10. The second kappa shape index (κ2) is 9.41. The summed E-state index contributed by atoms with van der Waals surface area (Å²) in [5.41, 5.74) is 1.12. The van der Waals surface area contributed by atoms with Crippen LogP contribution >= 0.6 is 11.6 Å². The van der Waals surface area contributed by atoms with Crippen molar-refractivity contribution in [2.24, 2.45) is 0 Å². The zero-order valence-electron chi connectivity index (χ0n) is 16.5. The van der Waals surface area contributed by atoms with Crippen molar-refractivity contribution in [1.82, 2.24) is 9.21 Å². The van der Waals surface area contributed by atoms with E-state index >= 15 is 0 Å². The molecule has 0 aliphatic rings. The minimum atomic E-state index is -3.74. The molecule has 2 aromatic rings. The molecule has 0 saturated heterocycles. The average Bonchev–Trinajstić information content (AvgIpc) is 2.69. The predicted molar refractivity (Wildman–Crippen MR) is 110 cm³/mol. The van der Waals surface area contributed by atoms with Crippen LogP contribution in [-0.2, 0) is 16.6 Å². The van der Waals surface area contributed by atoms with Gasteiger partial charge in [-0.15, -0.1) is 0 Å². The Morgan fingerprint density at radius 3 is 2.21 bits per heavy atom. The van der Waals surface area contributed by atoms with E-state index in [1.165, 1.54) is 30.6 Å². The van der Waals surface area contributed by atoms with Gasteiger partial charge >= 0.3 is 0 Å². The van der Waals surface area contributed by atoms with Gasteiger partial charge in [-0.3, -0.25) is 4.79 Å². The number of carbonyl (C=O) groups is 1. The first-order valence-electron chi connectivity index (χ1n) is 8.92. The van der Waals surface area contributed by atoms with Crippen molar-refractivity contribution >= 4 is 27.5 Å². The summed E-state index contributed by atoms with van der Waals surface area (Å²) in [6, 6.07) is 11.1. The van der Waals surface area contributed by atoms with Crippen molar-refractivity contribution in [2.75, 3.05) is 27.2 Å². The second-order valence-electron chi connectivity index (χ2n) is 6.22. The number of nitrogens with zero attached hydrogens (tertiary/aromatic N) is 2. The van der Waals surface area contributed by atoms with Crippen LogP contribution in [0.1, 0.15) is 29.8 Å². The third-order valence-corrected chi connectivity index (χ3v) is 6.55. The van der Waals surface area contributed by atoms with Crippen LogP contribution in [0.25, 0.3) is 0 Å². The molecule has 8 heteroatoms. The van der Waals surface area contributed by atoms with Gasteiger partial charge < -0.3 is 9.64 Å². The molecule has 1 amide bonds. The largest absolute Gasteiger partial charge is 0.496 e. The fraction of sp³-hybridized carbons (Fsp3) is 0.350. The number of benzene rings is 2. The molecule has 2 rings (SSSR count). The maximum absolute atomic E-state index is 12.9. The molecule has 0 heterocycles. The standard InChI is InChI=1S/C20H25ClN2O4S/c1-5-23(6-2)20(24)15-7-10-18(11-8-15)28(25,26)22(3)14-16-13-17(21)9-12-19(16)27-4/h7-13H,5-6,14H2,1-4H3. The lowest BCUT2D eigenvalue weighted by Gasteiger charge is -2.20. The van der Waals surface area contributed by atoms with Gasteiger partial charge in [0.15, 0.2) is 0 Å². The molecule has 0 unspecified atom stereocenters. The van der Waals surface area contributed by atoms with Crippen molar-refractivity contribution in [3.63, 3.8) is 0 Å². The normalized spacial score (nSPS) is 11.5. The van der Waals surface area contributed by atoms with Crippen LogP contribution in [-0.4, -0.2) is 50.8 Å². The molecule has 0 spiro atoms. The zero-order valence-corrected chi connectivity index (χ0v) is 18.0. The van der Waals surface area contributed by atoms with Crippen LogP contribution in [0.3, 0.4) is 0 Å². The smallest absolute Gasteiger partial charge is 0.253 e. The van der Waals surface area contributed by atoms with E-state index in [1.807, 2.05) is 13.8 Å². The fourth-order valence-corrected chi connectivity index (χ4v) is 4.18. The van der Waals surface area contributed by atoms with E-state index in [9.17, 15) is 13.2 Å². The first-order chi connectivity index (χ1) is 13.2. The van der Waals surface area contributed by atoms with Gasteiger partial charge in [-0.25, -0.2) is 8.42 Å². The molecular formula is C20H25ClN2O4S. The molecular weight excluding hydrogens is 400 g/mol. The number of amides is 1. The lowest BCUT2D eigenvalue weighted by molar-refractivity contribution is 0.0773. The van der Waals surface area contributed by atoms with E-state index < -0.39 is 10.0 Å².